The number of nitrogens with zero attached hydrogens (tertiary/aromatic N) is 1. The van der Waals surface area contributed by atoms with Crippen LogP contribution < -0.4 is 0 Å². The van der Waals surface area contributed by atoms with Gasteiger partial charge < -0.3 is 4.74 Å². The molecule has 72 valence electrons. The maximum absolute atomic E-state index is 12.9. The van der Waals surface area contributed by atoms with Crippen LogP contribution in [-0.4, -0.2) is 43.4 Å². The van der Waals surface area contributed by atoms with Crippen LogP contribution in [0.15, 0.2) is 0 Å². The van der Waals surface area contributed by atoms with Crippen molar-refractivity contribution < 1.29 is 9.13 Å². The molecule has 1 fully saturated rings. The Morgan fingerprint density at radius 3 is 2.75 bits per heavy atom. The molecule has 1 saturated heterocycles. The van der Waals surface area contributed by atoms with Gasteiger partial charge in [0.25, 0.3) is 0 Å². The number of hydrogen-bond donors (Lipinski definition) is 0. The lowest BCUT2D eigenvalue weighted by molar-refractivity contribution is 0.0234. The molecule has 1 aliphatic rings. The van der Waals surface area contributed by atoms with E-state index < -0.39 is 6.17 Å². The fraction of sp³-hybridized carbons (Fsp3) is 1.00. The topological polar surface area (TPSA) is 12.5 Å². The normalized spacial score (nSPS) is 34.0. The van der Waals surface area contributed by atoms with Crippen LogP contribution in [0.1, 0.15) is 20.3 Å². The van der Waals surface area contributed by atoms with E-state index in [-0.39, 0.29) is 12.1 Å². The van der Waals surface area contributed by atoms with E-state index in [0.29, 0.717) is 19.6 Å². The predicted octanol–water partition coefficient (Wildman–Crippen LogP) is 1.45. The molecule has 12 heavy (non-hydrogen) atoms. The van der Waals surface area contributed by atoms with Crippen molar-refractivity contribution in [2.75, 3.05) is 20.2 Å². The summed E-state index contributed by atoms with van der Waals surface area (Å²) in [6.45, 7) is 5.26. The maximum Gasteiger partial charge on any atom is 0.114 e. The van der Waals surface area contributed by atoms with Gasteiger partial charge in [-0.05, 0) is 27.3 Å². The second kappa shape index (κ2) is 4.19. The molecule has 0 bridgehead atoms. The Balaban J connectivity index is 2.40. The minimum absolute atomic E-state index is 0.153. The average molecular weight is 175 g/mol. The Bertz CT molecular complexity index is 142. The third-order valence-corrected chi connectivity index (χ3v) is 2.52. The highest BCUT2D eigenvalue weighted by molar-refractivity contribution is 4.86. The van der Waals surface area contributed by atoms with Gasteiger partial charge in [-0.15, -0.1) is 0 Å². The molecule has 0 N–H and O–H groups in total. The number of likely N-dealkylation sites (tertiary alicyclic amines) is 1. The van der Waals surface area contributed by atoms with E-state index in [0.717, 1.165) is 0 Å². The van der Waals surface area contributed by atoms with Crippen LogP contribution >= 0.6 is 0 Å². The van der Waals surface area contributed by atoms with Gasteiger partial charge in [0.1, 0.15) is 6.17 Å². The van der Waals surface area contributed by atoms with Crippen LogP contribution in [-0.2, 0) is 4.74 Å². The first-order valence-electron chi connectivity index (χ1n) is 4.61. The molecule has 2 nitrogen and oxygen atoms in total. The summed E-state index contributed by atoms with van der Waals surface area (Å²) in [6, 6.07) is 0.264. The van der Waals surface area contributed by atoms with Crippen LogP contribution in [0.4, 0.5) is 4.39 Å². The molecule has 0 unspecified atom stereocenters. The summed E-state index contributed by atoms with van der Waals surface area (Å²) >= 11 is 0. The van der Waals surface area contributed by atoms with Crippen molar-refractivity contribution in [1.29, 1.82) is 0 Å². The highest BCUT2D eigenvalue weighted by atomic mass is 19.1. The molecule has 1 aliphatic heterocycles. The monoisotopic (exact) mass is 175 g/mol. The largest absolute Gasteiger partial charge is 0.377 e. The molecule has 0 aromatic heterocycles. The van der Waals surface area contributed by atoms with Crippen molar-refractivity contribution in [2.24, 2.45) is 0 Å². The zero-order valence-corrected chi connectivity index (χ0v) is 8.09. The van der Waals surface area contributed by atoms with Gasteiger partial charge in [0, 0.05) is 19.2 Å². The number of rotatable bonds is 3. The van der Waals surface area contributed by atoms with E-state index in [1.54, 1.807) is 0 Å². The fourth-order valence-corrected chi connectivity index (χ4v) is 1.89. The van der Waals surface area contributed by atoms with E-state index >= 15 is 0 Å². The van der Waals surface area contributed by atoms with Gasteiger partial charge in [0.2, 0.25) is 0 Å². The minimum atomic E-state index is -0.664. The molecule has 0 aromatic rings. The second-order valence-corrected chi connectivity index (χ2v) is 3.50. The first-order chi connectivity index (χ1) is 5.65. The molecule has 0 aliphatic carbocycles. The van der Waals surface area contributed by atoms with Crippen molar-refractivity contribution in [3.05, 3.63) is 0 Å². The lowest BCUT2D eigenvalue weighted by atomic mass is 10.1. The summed E-state index contributed by atoms with van der Waals surface area (Å²) in [5.41, 5.74) is 0. The van der Waals surface area contributed by atoms with Crippen molar-refractivity contribution in [3.63, 3.8) is 0 Å². The molecule has 0 aromatic carbocycles. The van der Waals surface area contributed by atoms with Crippen molar-refractivity contribution >= 4 is 0 Å². The zero-order chi connectivity index (χ0) is 9.14. The Labute approximate surface area is 73.7 Å². The zero-order valence-electron chi connectivity index (χ0n) is 8.09. The Morgan fingerprint density at radius 2 is 2.33 bits per heavy atom. The van der Waals surface area contributed by atoms with E-state index in [9.17, 15) is 4.39 Å². The number of hydrogen-bond acceptors (Lipinski definition) is 2. The van der Waals surface area contributed by atoms with E-state index in [1.807, 2.05) is 25.8 Å². The van der Waals surface area contributed by atoms with Crippen LogP contribution in [0, 0.1) is 0 Å². The Hall–Kier alpha value is -0.150. The SMILES string of the molecule is CCO[C@@H](C)[C@@H]1C[C@@H](F)CN1C. The van der Waals surface area contributed by atoms with Gasteiger partial charge in [-0.3, -0.25) is 4.90 Å². The van der Waals surface area contributed by atoms with E-state index in [4.69, 9.17) is 4.74 Å². The number of halogens is 1. The lowest BCUT2D eigenvalue weighted by Gasteiger charge is -2.25. The van der Waals surface area contributed by atoms with E-state index in [2.05, 4.69) is 0 Å². The van der Waals surface area contributed by atoms with E-state index in [1.165, 1.54) is 0 Å². The van der Waals surface area contributed by atoms with Gasteiger partial charge in [-0.1, -0.05) is 0 Å². The summed E-state index contributed by atoms with van der Waals surface area (Å²) in [5.74, 6) is 0. The fourth-order valence-electron chi connectivity index (χ4n) is 1.89. The smallest absolute Gasteiger partial charge is 0.114 e. The molecule has 1 rings (SSSR count). The van der Waals surface area contributed by atoms with Crippen molar-refractivity contribution in [1.82, 2.24) is 4.90 Å². The quantitative estimate of drug-likeness (QED) is 0.643. The van der Waals surface area contributed by atoms with Gasteiger partial charge in [-0.2, -0.15) is 0 Å². The number of likely N-dealkylation sites (N-methyl/N-ethyl adjacent to an activating group) is 1. The van der Waals surface area contributed by atoms with Gasteiger partial charge in [-0.25, -0.2) is 4.39 Å². The standard InChI is InChI=1S/C9H18FNO/c1-4-12-7(2)9-5-8(10)6-11(9)3/h7-9H,4-6H2,1-3H3/t7-,8+,9-/m0/s1. The highest BCUT2D eigenvalue weighted by Gasteiger charge is 2.33. The third kappa shape index (κ3) is 2.17. The first kappa shape index (κ1) is 9.93. The lowest BCUT2D eigenvalue weighted by Crippen LogP contribution is -2.36. The van der Waals surface area contributed by atoms with Crippen LogP contribution in [0.25, 0.3) is 0 Å². The summed E-state index contributed by atoms with van der Waals surface area (Å²) in [5, 5.41) is 0. The van der Waals surface area contributed by atoms with Gasteiger partial charge in [0.05, 0.1) is 6.10 Å². The molecule has 0 radical (unpaired) electrons. The third-order valence-electron chi connectivity index (χ3n) is 2.52. The molecule has 0 saturated carbocycles. The Kier molecular flexibility index (Phi) is 3.47. The second-order valence-electron chi connectivity index (χ2n) is 3.50. The number of ether oxygens (including phenoxy) is 1. The molecular weight excluding hydrogens is 157 g/mol. The van der Waals surface area contributed by atoms with Gasteiger partial charge >= 0.3 is 0 Å². The maximum atomic E-state index is 12.9. The number of alkyl halides is 1. The Morgan fingerprint density at radius 1 is 1.67 bits per heavy atom. The molecular formula is C9H18FNO. The molecule has 3 heteroatoms. The predicted molar refractivity (Wildman–Crippen MR) is 47.0 cm³/mol. The average Bonchev–Trinajstić information content (AvgIpc) is 2.30. The summed E-state index contributed by atoms with van der Waals surface area (Å²) in [6.07, 6.45) is 0.112. The van der Waals surface area contributed by atoms with Crippen LogP contribution in [0.3, 0.4) is 0 Å². The van der Waals surface area contributed by atoms with Crippen LogP contribution in [0.5, 0.6) is 0 Å². The minimum Gasteiger partial charge on any atom is -0.377 e. The van der Waals surface area contributed by atoms with Gasteiger partial charge in [0.15, 0.2) is 0 Å². The van der Waals surface area contributed by atoms with Crippen molar-refractivity contribution in [3.8, 4) is 0 Å². The molecule has 1 heterocycles. The van der Waals surface area contributed by atoms with Crippen LogP contribution in [0.2, 0.25) is 0 Å². The molecule has 3 atom stereocenters. The summed E-state index contributed by atoms with van der Waals surface area (Å²) in [4.78, 5) is 2.05. The highest BCUT2D eigenvalue weighted by Crippen LogP contribution is 2.22. The molecule has 0 spiro atoms. The summed E-state index contributed by atoms with van der Waals surface area (Å²) in [7, 11) is 1.96. The first-order valence-corrected chi connectivity index (χ1v) is 4.61. The molecule has 0 amide bonds. The summed E-state index contributed by atoms with van der Waals surface area (Å²) < 4.78 is 18.4. The van der Waals surface area contributed by atoms with Crippen molar-refractivity contribution in [2.45, 2.75) is 38.6 Å².